The zero-order chi connectivity index (χ0) is 13.1. The van der Waals surface area contributed by atoms with Crippen molar-refractivity contribution in [2.75, 3.05) is 14.2 Å². The van der Waals surface area contributed by atoms with E-state index >= 15 is 0 Å². The van der Waals surface area contributed by atoms with Gasteiger partial charge < -0.3 is 10.1 Å². The molecular formula is C13H13ClINOS. The van der Waals surface area contributed by atoms with E-state index in [9.17, 15) is 0 Å². The molecule has 1 N–H and O–H groups in total. The molecule has 1 atom stereocenters. The fourth-order valence-corrected chi connectivity index (χ4v) is 3.52. The number of hydrogen-bond donors (Lipinski definition) is 1. The number of thiophene rings is 1. The van der Waals surface area contributed by atoms with Crippen molar-refractivity contribution in [3.63, 3.8) is 0 Å². The van der Waals surface area contributed by atoms with Crippen LogP contribution >= 0.6 is 45.5 Å². The molecule has 18 heavy (non-hydrogen) atoms. The lowest BCUT2D eigenvalue weighted by molar-refractivity contribution is 0.414. The molecule has 0 amide bonds. The standard InChI is InChI=1S/C13H13ClINOS/c1-16-13(8-5-12(15)18-7-8)10-4-3-9(17-2)6-11(10)14/h3-7,13,16H,1-2H3. The Hall–Kier alpha value is -0.300. The van der Waals surface area contributed by atoms with Crippen molar-refractivity contribution in [3.05, 3.63) is 48.7 Å². The number of halogens is 2. The Bertz CT molecular complexity index is 544. The maximum Gasteiger partial charge on any atom is 0.120 e. The Balaban J connectivity index is 2.39. The van der Waals surface area contributed by atoms with Gasteiger partial charge in [-0.25, -0.2) is 0 Å². The van der Waals surface area contributed by atoms with Crippen LogP contribution in [0.1, 0.15) is 17.2 Å². The maximum atomic E-state index is 6.32. The van der Waals surface area contributed by atoms with Crippen molar-refractivity contribution in [2.45, 2.75) is 6.04 Å². The van der Waals surface area contributed by atoms with Gasteiger partial charge in [-0.2, -0.15) is 0 Å². The third kappa shape index (κ3) is 2.99. The summed E-state index contributed by atoms with van der Waals surface area (Å²) in [5.74, 6) is 0.776. The summed E-state index contributed by atoms with van der Waals surface area (Å²) in [7, 11) is 3.58. The van der Waals surface area contributed by atoms with Gasteiger partial charge in [-0.15, -0.1) is 11.3 Å². The molecule has 1 aromatic heterocycles. The van der Waals surface area contributed by atoms with Gasteiger partial charge in [-0.1, -0.05) is 17.7 Å². The van der Waals surface area contributed by atoms with Gasteiger partial charge in [0.1, 0.15) is 5.75 Å². The second-order valence-electron chi connectivity index (χ2n) is 3.79. The van der Waals surface area contributed by atoms with Gasteiger partial charge in [0.05, 0.1) is 16.0 Å². The Morgan fingerprint density at radius 2 is 2.17 bits per heavy atom. The molecule has 0 fully saturated rings. The fourth-order valence-electron chi connectivity index (χ4n) is 1.85. The Morgan fingerprint density at radius 1 is 1.39 bits per heavy atom. The quantitative estimate of drug-likeness (QED) is 0.781. The highest BCUT2D eigenvalue weighted by Crippen LogP contribution is 2.33. The molecule has 1 unspecified atom stereocenters. The monoisotopic (exact) mass is 393 g/mol. The Morgan fingerprint density at radius 3 is 2.67 bits per heavy atom. The van der Waals surface area contributed by atoms with Crippen LogP contribution in [0.3, 0.4) is 0 Å². The van der Waals surface area contributed by atoms with Crippen LogP contribution in [0.2, 0.25) is 5.02 Å². The highest BCUT2D eigenvalue weighted by Gasteiger charge is 2.16. The van der Waals surface area contributed by atoms with Gasteiger partial charge in [-0.05, 0) is 64.3 Å². The number of hydrogen-bond acceptors (Lipinski definition) is 3. The average molecular weight is 394 g/mol. The summed E-state index contributed by atoms with van der Waals surface area (Å²) in [5, 5.41) is 6.18. The van der Waals surface area contributed by atoms with Gasteiger partial charge in [-0.3, -0.25) is 0 Å². The molecule has 0 saturated heterocycles. The molecule has 0 spiro atoms. The number of rotatable bonds is 4. The molecule has 1 heterocycles. The van der Waals surface area contributed by atoms with Crippen LogP contribution < -0.4 is 10.1 Å². The molecule has 0 aliphatic rings. The van der Waals surface area contributed by atoms with Gasteiger partial charge in [0.15, 0.2) is 0 Å². The first-order valence-electron chi connectivity index (χ1n) is 5.40. The normalized spacial score (nSPS) is 12.4. The van der Waals surface area contributed by atoms with Crippen molar-refractivity contribution in [3.8, 4) is 5.75 Å². The summed E-state index contributed by atoms with van der Waals surface area (Å²) in [6.07, 6.45) is 0. The Labute approximate surface area is 129 Å². The topological polar surface area (TPSA) is 21.3 Å². The van der Waals surface area contributed by atoms with Gasteiger partial charge in [0, 0.05) is 5.02 Å². The van der Waals surface area contributed by atoms with Crippen LogP contribution in [-0.2, 0) is 0 Å². The second kappa shape index (κ2) is 6.23. The Kier molecular flexibility index (Phi) is 4.89. The molecule has 0 aliphatic heterocycles. The molecule has 2 aromatic rings. The van der Waals surface area contributed by atoms with Crippen LogP contribution in [0.5, 0.6) is 5.75 Å². The summed E-state index contributed by atoms with van der Waals surface area (Å²) < 4.78 is 6.44. The minimum Gasteiger partial charge on any atom is -0.497 e. The predicted octanol–water partition coefficient (Wildman–Crippen LogP) is 4.32. The molecule has 1 aromatic carbocycles. The first-order valence-corrected chi connectivity index (χ1v) is 7.74. The van der Waals surface area contributed by atoms with Gasteiger partial charge in [0.2, 0.25) is 0 Å². The molecule has 2 rings (SSSR count). The highest BCUT2D eigenvalue weighted by atomic mass is 127. The summed E-state index contributed by atoms with van der Waals surface area (Å²) >= 11 is 10.4. The van der Waals surface area contributed by atoms with E-state index in [0.29, 0.717) is 0 Å². The zero-order valence-electron chi connectivity index (χ0n) is 10.0. The number of nitrogens with one attached hydrogen (secondary N) is 1. The van der Waals surface area contributed by atoms with E-state index in [1.54, 1.807) is 18.4 Å². The van der Waals surface area contributed by atoms with E-state index in [-0.39, 0.29) is 6.04 Å². The van der Waals surface area contributed by atoms with Crippen molar-refractivity contribution < 1.29 is 4.74 Å². The minimum absolute atomic E-state index is 0.114. The first kappa shape index (κ1) is 14.1. The molecule has 0 aliphatic carbocycles. The molecule has 0 bridgehead atoms. The molecular weight excluding hydrogens is 381 g/mol. The summed E-state index contributed by atoms with van der Waals surface area (Å²) in [6, 6.07) is 8.07. The van der Waals surface area contributed by atoms with Crippen LogP contribution in [0.25, 0.3) is 0 Å². The second-order valence-corrected chi connectivity index (χ2v) is 7.01. The van der Waals surface area contributed by atoms with Crippen molar-refractivity contribution >= 4 is 45.5 Å². The van der Waals surface area contributed by atoms with Crippen molar-refractivity contribution in [1.29, 1.82) is 0 Å². The van der Waals surface area contributed by atoms with E-state index in [4.69, 9.17) is 16.3 Å². The molecule has 96 valence electrons. The summed E-state index contributed by atoms with van der Waals surface area (Å²) in [5.41, 5.74) is 2.30. The summed E-state index contributed by atoms with van der Waals surface area (Å²) in [6.45, 7) is 0. The summed E-state index contributed by atoms with van der Waals surface area (Å²) in [4.78, 5) is 0. The fraction of sp³-hybridized carbons (Fsp3) is 0.231. The first-order chi connectivity index (χ1) is 8.65. The zero-order valence-corrected chi connectivity index (χ0v) is 13.8. The molecule has 2 nitrogen and oxygen atoms in total. The van der Waals surface area contributed by atoms with E-state index < -0.39 is 0 Å². The SMILES string of the molecule is CNC(c1csc(I)c1)c1ccc(OC)cc1Cl. The third-order valence-electron chi connectivity index (χ3n) is 2.73. The largest absolute Gasteiger partial charge is 0.497 e. The van der Waals surface area contributed by atoms with Crippen LogP contribution in [-0.4, -0.2) is 14.2 Å². The highest BCUT2D eigenvalue weighted by molar-refractivity contribution is 14.1. The van der Waals surface area contributed by atoms with E-state index in [1.807, 2.05) is 25.2 Å². The molecule has 0 radical (unpaired) electrons. The van der Waals surface area contributed by atoms with Crippen molar-refractivity contribution in [1.82, 2.24) is 5.32 Å². The minimum atomic E-state index is 0.114. The van der Waals surface area contributed by atoms with Crippen molar-refractivity contribution in [2.24, 2.45) is 0 Å². The smallest absolute Gasteiger partial charge is 0.120 e. The maximum absolute atomic E-state index is 6.32. The molecule has 5 heteroatoms. The van der Waals surface area contributed by atoms with E-state index in [0.717, 1.165) is 16.3 Å². The number of methoxy groups -OCH3 is 1. The van der Waals surface area contributed by atoms with Crippen LogP contribution in [0.4, 0.5) is 0 Å². The lowest BCUT2D eigenvalue weighted by atomic mass is 10.0. The van der Waals surface area contributed by atoms with Crippen LogP contribution in [0.15, 0.2) is 29.6 Å². The van der Waals surface area contributed by atoms with E-state index in [1.165, 1.54) is 8.45 Å². The van der Waals surface area contributed by atoms with Gasteiger partial charge >= 0.3 is 0 Å². The van der Waals surface area contributed by atoms with Crippen LogP contribution in [0, 0.1) is 2.88 Å². The molecule has 0 saturated carbocycles. The lowest BCUT2D eigenvalue weighted by Crippen LogP contribution is -2.17. The van der Waals surface area contributed by atoms with Gasteiger partial charge in [0.25, 0.3) is 0 Å². The lowest BCUT2D eigenvalue weighted by Gasteiger charge is -2.17. The van der Waals surface area contributed by atoms with E-state index in [2.05, 4.69) is 39.4 Å². The number of ether oxygens (including phenoxy) is 1. The predicted molar refractivity (Wildman–Crippen MR) is 85.9 cm³/mol. The average Bonchev–Trinajstić information content (AvgIpc) is 2.78. The third-order valence-corrected chi connectivity index (χ3v) is 4.86. The number of benzene rings is 1.